The SMILES string of the molecule is CO[C@H]1CCN(C(=O)c2cccn2C)[C@@H]2CN(Cc3ccco3)C[C@H]12.O=C(O)C(F)(F)F. The second-order valence-electron chi connectivity index (χ2n) is 7.87. The van der Waals surface area contributed by atoms with Crippen LogP contribution in [0, 0.1) is 5.92 Å². The maximum atomic E-state index is 13.1. The number of carboxylic acid groups (broad SMARTS) is 1. The van der Waals surface area contributed by atoms with E-state index in [4.69, 9.17) is 19.1 Å². The van der Waals surface area contributed by atoms with Crippen LogP contribution in [0.3, 0.4) is 0 Å². The van der Waals surface area contributed by atoms with Crippen LogP contribution in [0.4, 0.5) is 13.2 Å². The Bertz CT molecular complexity index is 912. The number of piperidine rings is 1. The summed E-state index contributed by atoms with van der Waals surface area (Å²) in [5.74, 6) is -1.32. The van der Waals surface area contributed by atoms with Gasteiger partial charge in [-0.3, -0.25) is 9.69 Å². The Hall–Kier alpha value is -2.79. The lowest BCUT2D eigenvalue weighted by atomic mass is 9.88. The lowest BCUT2D eigenvalue weighted by Crippen LogP contribution is -2.53. The van der Waals surface area contributed by atoms with Gasteiger partial charge in [0.25, 0.3) is 5.91 Å². The number of nitrogens with zero attached hydrogens (tertiary/aromatic N) is 3. The topological polar surface area (TPSA) is 88.2 Å². The van der Waals surface area contributed by atoms with Gasteiger partial charge in [0.15, 0.2) is 0 Å². The Labute approximate surface area is 183 Å². The lowest BCUT2D eigenvalue weighted by Gasteiger charge is -2.41. The molecule has 0 aromatic carbocycles. The smallest absolute Gasteiger partial charge is 0.475 e. The minimum absolute atomic E-state index is 0.122. The summed E-state index contributed by atoms with van der Waals surface area (Å²) >= 11 is 0. The van der Waals surface area contributed by atoms with Crippen molar-refractivity contribution in [2.75, 3.05) is 26.7 Å². The molecule has 1 N–H and O–H groups in total. The van der Waals surface area contributed by atoms with Crippen molar-refractivity contribution >= 4 is 11.9 Å². The first-order valence-corrected chi connectivity index (χ1v) is 10.1. The first-order valence-electron chi connectivity index (χ1n) is 10.1. The molecule has 3 atom stereocenters. The molecule has 0 saturated carbocycles. The van der Waals surface area contributed by atoms with Gasteiger partial charge in [-0.1, -0.05) is 0 Å². The van der Waals surface area contributed by atoms with Crippen LogP contribution in [0.1, 0.15) is 22.7 Å². The number of rotatable bonds is 4. The van der Waals surface area contributed by atoms with Crippen LogP contribution in [-0.4, -0.2) is 76.4 Å². The number of carboxylic acids is 1. The zero-order chi connectivity index (χ0) is 23.5. The van der Waals surface area contributed by atoms with Crippen molar-refractivity contribution in [2.45, 2.75) is 31.3 Å². The summed E-state index contributed by atoms with van der Waals surface area (Å²) in [4.78, 5) is 26.4. The van der Waals surface area contributed by atoms with E-state index >= 15 is 0 Å². The number of fused-ring (bicyclic) bond motifs is 1. The van der Waals surface area contributed by atoms with Gasteiger partial charge in [-0.2, -0.15) is 13.2 Å². The van der Waals surface area contributed by atoms with Gasteiger partial charge in [-0.25, -0.2) is 4.79 Å². The number of furan rings is 1. The van der Waals surface area contributed by atoms with Crippen molar-refractivity contribution in [3.8, 4) is 0 Å². The van der Waals surface area contributed by atoms with Crippen LogP contribution in [-0.2, 0) is 23.1 Å². The highest BCUT2D eigenvalue weighted by Crippen LogP contribution is 2.34. The number of aliphatic carboxylic acids is 1. The largest absolute Gasteiger partial charge is 0.490 e. The molecule has 4 rings (SSSR count). The van der Waals surface area contributed by atoms with Crippen molar-refractivity contribution in [1.29, 1.82) is 0 Å². The van der Waals surface area contributed by atoms with Crippen LogP contribution in [0.2, 0.25) is 0 Å². The predicted octanol–water partition coefficient (Wildman–Crippen LogP) is 2.61. The van der Waals surface area contributed by atoms with Gasteiger partial charge in [-0.05, 0) is 30.7 Å². The number of methoxy groups -OCH3 is 1. The Morgan fingerprint density at radius 2 is 1.97 bits per heavy atom. The van der Waals surface area contributed by atoms with Crippen molar-refractivity contribution in [3.05, 3.63) is 48.2 Å². The fourth-order valence-electron chi connectivity index (χ4n) is 4.36. The summed E-state index contributed by atoms with van der Waals surface area (Å²) in [6.45, 7) is 3.32. The quantitative estimate of drug-likeness (QED) is 0.760. The molecule has 0 radical (unpaired) electrons. The number of amides is 1. The molecule has 176 valence electrons. The van der Waals surface area contributed by atoms with E-state index in [1.165, 1.54) is 0 Å². The third-order valence-electron chi connectivity index (χ3n) is 5.87. The first kappa shape index (κ1) is 23.9. The molecule has 32 heavy (non-hydrogen) atoms. The molecule has 2 fully saturated rings. The molecular weight excluding hydrogens is 431 g/mol. The Kier molecular flexibility index (Phi) is 7.29. The number of ether oxygens (including phenoxy) is 1. The number of hydrogen-bond acceptors (Lipinski definition) is 5. The Balaban J connectivity index is 0.000000360. The Morgan fingerprint density at radius 1 is 1.25 bits per heavy atom. The van der Waals surface area contributed by atoms with E-state index in [-0.39, 0.29) is 18.1 Å². The molecule has 0 spiro atoms. The van der Waals surface area contributed by atoms with Crippen LogP contribution in [0.25, 0.3) is 0 Å². The third-order valence-corrected chi connectivity index (χ3v) is 5.87. The van der Waals surface area contributed by atoms with E-state index in [0.29, 0.717) is 5.92 Å². The molecule has 2 aliphatic rings. The van der Waals surface area contributed by atoms with E-state index in [1.807, 2.05) is 42.1 Å². The summed E-state index contributed by atoms with van der Waals surface area (Å²) < 4.78 is 44.9. The van der Waals surface area contributed by atoms with Gasteiger partial charge < -0.3 is 23.7 Å². The monoisotopic (exact) mass is 457 g/mol. The minimum Gasteiger partial charge on any atom is -0.475 e. The number of aryl methyl sites for hydroxylation is 1. The van der Waals surface area contributed by atoms with Crippen LogP contribution in [0.15, 0.2) is 41.1 Å². The first-order chi connectivity index (χ1) is 15.1. The van der Waals surface area contributed by atoms with Gasteiger partial charge in [-0.15, -0.1) is 0 Å². The number of hydrogen-bond donors (Lipinski definition) is 1. The van der Waals surface area contributed by atoms with Crippen molar-refractivity contribution < 1.29 is 37.0 Å². The van der Waals surface area contributed by atoms with Crippen molar-refractivity contribution in [3.63, 3.8) is 0 Å². The molecule has 2 aromatic heterocycles. The van der Waals surface area contributed by atoms with Gasteiger partial charge in [0.2, 0.25) is 0 Å². The van der Waals surface area contributed by atoms with E-state index in [0.717, 1.165) is 44.1 Å². The van der Waals surface area contributed by atoms with E-state index in [2.05, 4.69) is 9.80 Å². The molecular formula is C21H26F3N3O5. The third kappa shape index (κ3) is 5.33. The predicted molar refractivity (Wildman–Crippen MR) is 107 cm³/mol. The summed E-state index contributed by atoms with van der Waals surface area (Å²) in [6.07, 6.45) is -0.349. The molecule has 1 amide bonds. The zero-order valence-electron chi connectivity index (χ0n) is 17.8. The normalized spacial score (nSPS) is 23.4. The van der Waals surface area contributed by atoms with Crippen LogP contribution in [0.5, 0.6) is 0 Å². The second kappa shape index (κ2) is 9.78. The molecule has 11 heteroatoms. The molecule has 0 aliphatic carbocycles. The molecule has 8 nitrogen and oxygen atoms in total. The highest BCUT2D eigenvalue weighted by molar-refractivity contribution is 5.93. The maximum Gasteiger partial charge on any atom is 0.490 e. The standard InChI is InChI=1S/C19H25N3O3.C2HF3O2/c1-20-8-3-6-16(20)19(23)22-9-7-18(24-2)15-12-21(13-17(15)22)11-14-5-4-10-25-14;3-2(4,5)1(6)7/h3-6,8,10,15,17-18H,7,9,11-13H2,1-2H3;(H,6,7)/t15-,17+,18-;/m0./s1. The van der Waals surface area contributed by atoms with E-state index in [9.17, 15) is 18.0 Å². The number of likely N-dealkylation sites (tertiary alicyclic amines) is 2. The molecule has 2 aromatic rings. The number of carbonyl (C=O) groups is 2. The van der Waals surface area contributed by atoms with E-state index < -0.39 is 12.1 Å². The maximum absolute atomic E-state index is 13.1. The molecule has 0 unspecified atom stereocenters. The fraction of sp³-hybridized carbons (Fsp3) is 0.524. The van der Waals surface area contributed by atoms with Gasteiger partial charge in [0.1, 0.15) is 11.5 Å². The number of aromatic nitrogens is 1. The van der Waals surface area contributed by atoms with E-state index in [1.54, 1.807) is 13.4 Å². The van der Waals surface area contributed by atoms with Crippen molar-refractivity contribution in [1.82, 2.24) is 14.4 Å². The fourth-order valence-corrected chi connectivity index (χ4v) is 4.36. The Morgan fingerprint density at radius 3 is 2.50 bits per heavy atom. The number of alkyl halides is 3. The molecule has 2 saturated heterocycles. The minimum atomic E-state index is -5.08. The van der Waals surface area contributed by atoms with Gasteiger partial charge in [0, 0.05) is 45.9 Å². The molecule has 0 bridgehead atoms. The molecule has 4 heterocycles. The average Bonchev–Trinajstić information content (AvgIpc) is 3.47. The second-order valence-corrected chi connectivity index (χ2v) is 7.87. The highest BCUT2D eigenvalue weighted by Gasteiger charge is 2.46. The number of halogens is 3. The average molecular weight is 457 g/mol. The highest BCUT2D eigenvalue weighted by atomic mass is 19.4. The summed E-state index contributed by atoms with van der Waals surface area (Å²) in [5.41, 5.74) is 0.749. The number of carbonyl (C=O) groups excluding carboxylic acids is 1. The van der Waals surface area contributed by atoms with Gasteiger partial charge in [0.05, 0.1) is 25.0 Å². The zero-order valence-corrected chi connectivity index (χ0v) is 17.8. The van der Waals surface area contributed by atoms with Crippen LogP contribution >= 0.6 is 0 Å². The van der Waals surface area contributed by atoms with Crippen molar-refractivity contribution in [2.24, 2.45) is 13.0 Å². The van der Waals surface area contributed by atoms with Gasteiger partial charge >= 0.3 is 12.1 Å². The summed E-state index contributed by atoms with van der Waals surface area (Å²) in [5, 5.41) is 7.12. The lowest BCUT2D eigenvalue weighted by molar-refractivity contribution is -0.192. The molecule has 2 aliphatic heterocycles. The van der Waals surface area contributed by atoms with Crippen LogP contribution < -0.4 is 0 Å². The summed E-state index contributed by atoms with van der Waals surface area (Å²) in [7, 11) is 3.70. The summed E-state index contributed by atoms with van der Waals surface area (Å²) in [6, 6.07) is 7.93.